The average Bonchev–Trinajstić information content (AvgIpc) is 3.23. The van der Waals surface area contributed by atoms with Crippen LogP contribution in [0.4, 0.5) is 5.00 Å². The fraction of sp³-hybridized carbons (Fsp3) is 0.160. The molecule has 2 aromatic heterocycles. The lowest BCUT2D eigenvalue weighted by Gasteiger charge is -2.09. The Morgan fingerprint density at radius 2 is 1.84 bits per heavy atom. The van der Waals surface area contributed by atoms with E-state index in [9.17, 15) is 14.4 Å². The molecule has 0 radical (unpaired) electrons. The molecular formula is C25H21NO5S. The zero-order valence-corrected chi connectivity index (χ0v) is 18.5. The molecule has 6 nitrogen and oxygen atoms in total. The van der Waals surface area contributed by atoms with Crippen molar-refractivity contribution in [2.45, 2.75) is 20.3 Å². The maximum Gasteiger partial charge on any atom is 0.341 e. The van der Waals surface area contributed by atoms with Crippen LogP contribution < -0.4 is 10.7 Å². The molecule has 4 rings (SSSR count). The van der Waals surface area contributed by atoms with Crippen LogP contribution in [0.1, 0.15) is 40.3 Å². The van der Waals surface area contributed by atoms with Gasteiger partial charge in [-0.05, 0) is 36.6 Å². The van der Waals surface area contributed by atoms with Crippen LogP contribution in [0, 0.1) is 0 Å². The molecular weight excluding hydrogens is 426 g/mol. The average molecular weight is 448 g/mol. The van der Waals surface area contributed by atoms with Gasteiger partial charge in [0.2, 0.25) is 0 Å². The number of fused-ring (bicyclic) bond motifs is 1. The summed E-state index contributed by atoms with van der Waals surface area (Å²) in [5, 5.41) is 5.27. The third-order valence-electron chi connectivity index (χ3n) is 5.01. The lowest BCUT2D eigenvalue weighted by Crippen LogP contribution is -2.16. The molecule has 32 heavy (non-hydrogen) atoms. The van der Waals surface area contributed by atoms with E-state index in [0.717, 1.165) is 17.5 Å². The molecule has 2 aromatic carbocycles. The number of benzene rings is 2. The molecule has 162 valence electrons. The quantitative estimate of drug-likeness (QED) is 0.394. The Morgan fingerprint density at radius 1 is 1.06 bits per heavy atom. The predicted molar refractivity (Wildman–Crippen MR) is 126 cm³/mol. The lowest BCUT2D eigenvalue weighted by molar-refractivity contribution is 0.0529. The number of carbonyl (C=O) groups excluding carboxylic acids is 2. The second-order valence-corrected chi connectivity index (χ2v) is 7.93. The number of rotatable bonds is 6. The Hall–Kier alpha value is -3.71. The molecule has 0 bridgehead atoms. The summed E-state index contributed by atoms with van der Waals surface area (Å²) in [5.74, 6) is -1.28. The predicted octanol–water partition coefficient (Wildman–Crippen LogP) is 5.51. The molecule has 0 aliphatic rings. The number of anilines is 1. The second kappa shape index (κ2) is 9.20. The van der Waals surface area contributed by atoms with Crippen molar-refractivity contribution in [3.05, 3.63) is 87.1 Å². The molecule has 2 heterocycles. The van der Waals surface area contributed by atoms with Gasteiger partial charge in [-0.15, -0.1) is 11.3 Å². The molecule has 0 aliphatic heterocycles. The van der Waals surface area contributed by atoms with E-state index in [1.54, 1.807) is 24.4 Å². The van der Waals surface area contributed by atoms with E-state index < -0.39 is 11.9 Å². The number of nitrogens with one attached hydrogen (secondary N) is 1. The number of ether oxygens (including phenoxy) is 1. The Kier molecular flexibility index (Phi) is 6.18. The van der Waals surface area contributed by atoms with Crippen molar-refractivity contribution >= 4 is 39.2 Å². The summed E-state index contributed by atoms with van der Waals surface area (Å²) in [6, 6.07) is 15.9. The van der Waals surface area contributed by atoms with Crippen molar-refractivity contribution in [2.75, 3.05) is 11.9 Å². The first-order valence-electron chi connectivity index (χ1n) is 10.2. The van der Waals surface area contributed by atoms with Crippen molar-refractivity contribution in [1.29, 1.82) is 0 Å². The van der Waals surface area contributed by atoms with Crippen LogP contribution in [0.5, 0.6) is 0 Å². The third-order valence-corrected chi connectivity index (χ3v) is 5.90. The topological polar surface area (TPSA) is 85.6 Å². The standard InChI is InChI=1S/C25H21NO5S/c1-3-15-10-11-20-17(12-15)19(27)13-21(31-20)23(28)26-24-22(25(29)30-4-2)18(14-32-24)16-8-6-5-7-9-16/h5-14H,3-4H2,1-2H3,(H,26,28). The van der Waals surface area contributed by atoms with E-state index in [0.29, 0.717) is 21.5 Å². The summed E-state index contributed by atoms with van der Waals surface area (Å²) in [4.78, 5) is 38.2. The highest BCUT2D eigenvalue weighted by molar-refractivity contribution is 7.15. The number of esters is 1. The SMILES string of the molecule is CCOC(=O)c1c(-c2ccccc2)csc1NC(=O)c1cc(=O)c2cc(CC)ccc2o1. The lowest BCUT2D eigenvalue weighted by atomic mass is 10.0. The van der Waals surface area contributed by atoms with Crippen molar-refractivity contribution in [3.8, 4) is 11.1 Å². The van der Waals surface area contributed by atoms with Gasteiger partial charge in [0.25, 0.3) is 5.91 Å². The molecule has 0 saturated carbocycles. The molecule has 7 heteroatoms. The fourth-order valence-corrected chi connectivity index (χ4v) is 4.34. The van der Waals surface area contributed by atoms with Gasteiger partial charge < -0.3 is 14.5 Å². The minimum Gasteiger partial charge on any atom is -0.462 e. The highest BCUT2D eigenvalue weighted by Gasteiger charge is 2.24. The van der Waals surface area contributed by atoms with E-state index >= 15 is 0 Å². The summed E-state index contributed by atoms with van der Waals surface area (Å²) in [6.07, 6.45) is 0.788. The summed E-state index contributed by atoms with van der Waals surface area (Å²) in [5.41, 5.74) is 2.81. The van der Waals surface area contributed by atoms with E-state index in [2.05, 4.69) is 5.32 Å². The van der Waals surface area contributed by atoms with Gasteiger partial charge in [0, 0.05) is 17.0 Å². The van der Waals surface area contributed by atoms with Crippen LogP contribution in [0.3, 0.4) is 0 Å². The fourth-order valence-electron chi connectivity index (χ4n) is 3.39. The molecule has 0 aliphatic carbocycles. The van der Waals surface area contributed by atoms with E-state index in [1.165, 1.54) is 17.4 Å². The maximum absolute atomic E-state index is 12.9. The van der Waals surface area contributed by atoms with Gasteiger partial charge in [0.1, 0.15) is 16.1 Å². The Bertz CT molecular complexity index is 1350. The molecule has 1 N–H and O–H groups in total. The monoisotopic (exact) mass is 447 g/mol. The van der Waals surface area contributed by atoms with Gasteiger partial charge >= 0.3 is 5.97 Å². The molecule has 1 amide bonds. The summed E-state index contributed by atoms with van der Waals surface area (Å²) in [7, 11) is 0. The Labute approximate surface area is 188 Å². The summed E-state index contributed by atoms with van der Waals surface area (Å²) >= 11 is 1.21. The van der Waals surface area contributed by atoms with Gasteiger partial charge in [0.15, 0.2) is 11.2 Å². The van der Waals surface area contributed by atoms with Crippen molar-refractivity contribution in [1.82, 2.24) is 0 Å². The zero-order valence-electron chi connectivity index (χ0n) is 17.6. The second-order valence-electron chi connectivity index (χ2n) is 7.05. The number of aryl methyl sites for hydroxylation is 1. The summed E-state index contributed by atoms with van der Waals surface area (Å²) in [6.45, 7) is 3.92. The highest BCUT2D eigenvalue weighted by atomic mass is 32.1. The minimum absolute atomic E-state index is 0.129. The zero-order chi connectivity index (χ0) is 22.7. The van der Waals surface area contributed by atoms with Crippen LogP contribution in [-0.4, -0.2) is 18.5 Å². The van der Waals surface area contributed by atoms with Crippen molar-refractivity contribution < 1.29 is 18.7 Å². The molecule has 4 aromatic rings. The molecule has 0 atom stereocenters. The van der Waals surface area contributed by atoms with E-state index in [1.807, 2.05) is 43.3 Å². The van der Waals surface area contributed by atoms with Crippen molar-refractivity contribution in [3.63, 3.8) is 0 Å². The Balaban J connectivity index is 1.71. The van der Waals surface area contributed by atoms with Crippen molar-refractivity contribution in [2.24, 2.45) is 0 Å². The minimum atomic E-state index is -0.615. The van der Waals surface area contributed by atoms with Crippen LogP contribution in [0.25, 0.3) is 22.1 Å². The van der Waals surface area contributed by atoms with Gasteiger partial charge in [-0.2, -0.15) is 0 Å². The first-order chi connectivity index (χ1) is 15.5. The molecule has 0 saturated heterocycles. The largest absolute Gasteiger partial charge is 0.462 e. The van der Waals surface area contributed by atoms with Crippen LogP contribution in [0.2, 0.25) is 0 Å². The third kappa shape index (κ3) is 4.20. The maximum atomic E-state index is 12.9. The molecule has 0 unspecified atom stereocenters. The summed E-state index contributed by atoms with van der Waals surface area (Å²) < 4.78 is 10.9. The van der Waals surface area contributed by atoms with Crippen LogP contribution >= 0.6 is 11.3 Å². The van der Waals surface area contributed by atoms with Gasteiger partial charge in [-0.1, -0.05) is 43.3 Å². The van der Waals surface area contributed by atoms with E-state index in [-0.39, 0.29) is 23.4 Å². The Morgan fingerprint density at radius 3 is 2.56 bits per heavy atom. The van der Waals surface area contributed by atoms with Crippen LogP contribution in [-0.2, 0) is 11.2 Å². The number of hydrogen-bond acceptors (Lipinski definition) is 6. The smallest absolute Gasteiger partial charge is 0.341 e. The highest BCUT2D eigenvalue weighted by Crippen LogP contribution is 2.36. The van der Waals surface area contributed by atoms with Crippen LogP contribution in [0.15, 0.2) is 69.2 Å². The molecule has 0 spiro atoms. The number of amides is 1. The normalized spacial score (nSPS) is 10.8. The van der Waals surface area contributed by atoms with E-state index in [4.69, 9.17) is 9.15 Å². The number of carbonyl (C=O) groups is 2. The van der Waals surface area contributed by atoms with Gasteiger partial charge in [0.05, 0.1) is 12.0 Å². The first-order valence-corrected chi connectivity index (χ1v) is 11.1. The molecule has 0 fully saturated rings. The number of thiophene rings is 1. The van der Waals surface area contributed by atoms with Gasteiger partial charge in [-0.3, -0.25) is 9.59 Å². The first kappa shape index (κ1) is 21.5. The van der Waals surface area contributed by atoms with Gasteiger partial charge in [-0.25, -0.2) is 4.79 Å². The number of hydrogen-bond donors (Lipinski definition) is 1.